The van der Waals surface area contributed by atoms with Crippen LogP contribution in [0.2, 0.25) is 4.34 Å². The van der Waals surface area contributed by atoms with Crippen LogP contribution < -0.4 is 10.5 Å². The predicted octanol–water partition coefficient (Wildman–Crippen LogP) is 5.60. The number of nitrogen functional groups attached to an aromatic ring is 1. The molecule has 1 fully saturated rings. The van der Waals surface area contributed by atoms with Crippen molar-refractivity contribution in [3.8, 4) is 11.3 Å². The molecule has 3 aromatic heterocycles. The van der Waals surface area contributed by atoms with Crippen molar-refractivity contribution in [2.75, 3.05) is 5.73 Å². The quantitative estimate of drug-likeness (QED) is 0.259. The number of anilines is 1. The summed E-state index contributed by atoms with van der Waals surface area (Å²) in [7, 11) is -3.65. The minimum absolute atomic E-state index is 0.190. The number of hydrogen-bond acceptors (Lipinski definition) is 8. The molecule has 0 saturated heterocycles. The third kappa shape index (κ3) is 4.95. The van der Waals surface area contributed by atoms with Crippen LogP contribution in [0, 0.1) is 0 Å². The number of rotatable bonds is 7. The van der Waals surface area contributed by atoms with Gasteiger partial charge in [-0.05, 0) is 48.9 Å². The Labute approximate surface area is 223 Å². The molecule has 0 bridgehead atoms. The van der Waals surface area contributed by atoms with Crippen LogP contribution in [-0.2, 0) is 15.6 Å². The number of aliphatic hydroxyl groups is 1. The molecule has 1 saturated carbocycles. The van der Waals surface area contributed by atoms with Crippen molar-refractivity contribution < 1.29 is 26.7 Å². The summed E-state index contributed by atoms with van der Waals surface area (Å²) in [6.45, 7) is 0.690. The van der Waals surface area contributed by atoms with Crippen LogP contribution in [0.5, 0.6) is 0 Å². The van der Waals surface area contributed by atoms with Gasteiger partial charge in [0.15, 0.2) is 10.7 Å². The van der Waals surface area contributed by atoms with Gasteiger partial charge in [-0.15, -0.1) is 11.3 Å². The van der Waals surface area contributed by atoms with E-state index in [9.17, 15) is 26.7 Å². The number of sulfonamides is 1. The number of alkyl halides is 3. The number of halogens is 4. The topological polar surface area (TPSA) is 118 Å². The van der Waals surface area contributed by atoms with E-state index in [1.807, 2.05) is 0 Å². The Kier molecular flexibility index (Phi) is 6.52. The van der Waals surface area contributed by atoms with Crippen molar-refractivity contribution >= 4 is 59.5 Å². The second kappa shape index (κ2) is 9.17. The smallest absolute Gasteiger partial charge is 0.376 e. The molecule has 0 spiro atoms. The van der Waals surface area contributed by atoms with Crippen LogP contribution in [0.25, 0.3) is 21.3 Å². The first-order valence-corrected chi connectivity index (χ1v) is 14.5. The minimum Gasteiger partial charge on any atom is -0.376 e. The highest BCUT2D eigenvalue weighted by Gasteiger charge is 2.51. The molecule has 0 aliphatic heterocycles. The van der Waals surface area contributed by atoms with E-state index in [2.05, 4.69) is 14.7 Å². The van der Waals surface area contributed by atoms with Crippen LogP contribution in [0.1, 0.15) is 41.9 Å². The lowest BCUT2D eigenvalue weighted by Gasteiger charge is -2.26. The first-order chi connectivity index (χ1) is 17.3. The van der Waals surface area contributed by atoms with Crippen molar-refractivity contribution in [3.63, 3.8) is 0 Å². The Hall–Kier alpha value is -2.29. The third-order valence-corrected chi connectivity index (χ3v) is 10.4. The van der Waals surface area contributed by atoms with E-state index in [1.165, 1.54) is 23.6 Å². The maximum atomic E-state index is 13.4. The number of benzene rings is 1. The lowest BCUT2D eigenvalue weighted by molar-refractivity contribution is -0.258. The van der Waals surface area contributed by atoms with Crippen molar-refractivity contribution in [1.82, 2.24) is 14.7 Å². The third-order valence-electron chi connectivity index (χ3n) is 6.14. The maximum Gasteiger partial charge on any atom is 0.421 e. The van der Waals surface area contributed by atoms with E-state index in [-0.39, 0.29) is 26.4 Å². The number of nitrogens with one attached hydrogen (secondary N) is 1. The van der Waals surface area contributed by atoms with Gasteiger partial charge in [-0.2, -0.15) is 13.2 Å². The molecule has 7 nitrogen and oxygen atoms in total. The molecule has 196 valence electrons. The standard InChI is InChI=1S/C23H20ClF3N4O3S3/c1-22(32,23(25,26)27)12-7-8-29-15(10-12)14-4-2-3-11-9-16(35-19(11)14)17(18-20(24)36-21(28)30-18)31-37(33,34)13-5-6-13/h2-4,7-10,13,17,31-32H,5-6H2,1H3,(H2,28,30)/t17?,22-/m1/s1. The van der Waals surface area contributed by atoms with Crippen molar-refractivity contribution in [2.45, 2.75) is 42.8 Å². The van der Waals surface area contributed by atoms with Gasteiger partial charge in [0.1, 0.15) is 10.4 Å². The lowest BCUT2D eigenvalue weighted by atomic mass is 9.94. The Morgan fingerprint density at radius 2 is 1.95 bits per heavy atom. The molecule has 4 N–H and O–H groups in total. The number of hydrogen-bond donors (Lipinski definition) is 3. The molecule has 0 amide bonds. The fraction of sp³-hybridized carbons (Fsp3) is 0.304. The zero-order valence-electron chi connectivity index (χ0n) is 19.1. The van der Waals surface area contributed by atoms with Crippen LogP contribution in [0.3, 0.4) is 0 Å². The van der Waals surface area contributed by atoms with E-state index in [4.69, 9.17) is 17.3 Å². The molecule has 1 aromatic carbocycles. The van der Waals surface area contributed by atoms with E-state index >= 15 is 0 Å². The molecule has 0 radical (unpaired) electrons. The number of aromatic nitrogens is 2. The minimum atomic E-state index is -4.88. The number of fused-ring (bicyclic) bond motifs is 1. The fourth-order valence-electron chi connectivity index (χ4n) is 3.87. The molecule has 5 rings (SSSR count). The van der Waals surface area contributed by atoms with Gasteiger partial charge in [0.25, 0.3) is 0 Å². The highest BCUT2D eigenvalue weighted by molar-refractivity contribution is 7.90. The van der Waals surface area contributed by atoms with Gasteiger partial charge >= 0.3 is 6.18 Å². The molecule has 1 aliphatic carbocycles. The largest absolute Gasteiger partial charge is 0.421 e. The lowest BCUT2D eigenvalue weighted by Crippen LogP contribution is -2.39. The number of nitrogens with two attached hydrogens (primary N) is 1. The van der Waals surface area contributed by atoms with Crippen molar-refractivity contribution in [2.24, 2.45) is 0 Å². The average molecular weight is 589 g/mol. The van der Waals surface area contributed by atoms with E-state index < -0.39 is 33.1 Å². The highest BCUT2D eigenvalue weighted by atomic mass is 35.5. The molecule has 3 heterocycles. The predicted molar refractivity (Wildman–Crippen MR) is 139 cm³/mol. The summed E-state index contributed by atoms with van der Waals surface area (Å²) in [5.41, 5.74) is 3.45. The Balaban J connectivity index is 1.62. The molecule has 14 heteroatoms. The Morgan fingerprint density at radius 1 is 1.22 bits per heavy atom. The molecule has 1 unspecified atom stereocenters. The average Bonchev–Trinajstić information content (AvgIpc) is 3.52. The van der Waals surface area contributed by atoms with Gasteiger partial charge < -0.3 is 10.8 Å². The van der Waals surface area contributed by atoms with Gasteiger partial charge in [-0.25, -0.2) is 18.1 Å². The summed E-state index contributed by atoms with van der Waals surface area (Å²) in [4.78, 5) is 9.09. The Bertz CT molecular complexity index is 1600. The van der Waals surface area contributed by atoms with E-state index in [0.717, 1.165) is 22.8 Å². The summed E-state index contributed by atoms with van der Waals surface area (Å²) in [5, 5.41) is 10.6. The van der Waals surface area contributed by atoms with Crippen LogP contribution in [0.4, 0.5) is 18.3 Å². The van der Waals surface area contributed by atoms with Gasteiger partial charge in [-0.1, -0.05) is 41.1 Å². The summed E-state index contributed by atoms with van der Waals surface area (Å²) >= 11 is 8.63. The molecule has 2 atom stereocenters. The van der Waals surface area contributed by atoms with E-state index in [0.29, 0.717) is 34.9 Å². The first-order valence-electron chi connectivity index (χ1n) is 11.0. The first kappa shape index (κ1) is 26.3. The van der Waals surface area contributed by atoms with Crippen LogP contribution >= 0.6 is 34.3 Å². The van der Waals surface area contributed by atoms with Crippen molar-refractivity contribution in [3.05, 3.63) is 63.1 Å². The molecular formula is C23H20ClF3N4O3S3. The number of thiophene rings is 1. The van der Waals surface area contributed by atoms with Gasteiger partial charge in [0.05, 0.1) is 16.6 Å². The summed E-state index contributed by atoms with van der Waals surface area (Å²) in [6, 6.07) is 8.43. The summed E-state index contributed by atoms with van der Waals surface area (Å²) in [5.74, 6) is 0. The number of thiazole rings is 1. The Morgan fingerprint density at radius 3 is 2.57 bits per heavy atom. The monoisotopic (exact) mass is 588 g/mol. The summed E-state index contributed by atoms with van der Waals surface area (Å²) < 4.78 is 69.7. The second-order valence-electron chi connectivity index (χ2n) is 8.88. The molecule has 1 aliphatic rings. The fourth-order valence-corrected chi connectivity index (χ4v) is 7.68. The number of nitrogens with zero attached hydrogens (tertiary/aromatic N) is 2. The summed E-state index contributed by atoms with van der Waals surface area (Å²) in [6.07, 6.45) is -2.54. The zero-order valence-corrected chi connectivity index (χ0v) is 22.3. The second-order valence-corrected chi connectivity index (χ2v) is 13.6. The zero-order chi connectivity index (χ0) is 26.8. The normalized spacial score (nSPS) is 17.1. The maximum absolute atomic E-state index is 13.4. The van der Waals surface area contributed by atoms with Crippen LogP contribution in [0.15, 0.2) is 42.6 Å². The molecule has 37 heavy (non-hydrogen) atoms. The molecule has 4 aromatic rings. The van der Waals surface area contributed by atoms with Gasteiger partial charge in [0, 0.05) is 21.3 Å². The van der Waals surface area contributed by atoms with E-state index in [1.54, 1.807) is 24.3 Å². The molecular weight excluding hydrogens is 569 g/mol. The van der Waals surface area contributed by atoms with Crippen LogP contribution in [-0.4, -0.2) is 34.9 Å². The highest BCUT2D eigenvalue weighted by Crippen LogP contribution is 2.43. The van der Waals surface area contributed by atoms with Crippen molar-refractivity contribution in [1.29, 1.82) is 0 Å². The number of pyridine rings is 1. The van der Waals surface area contributed by atoms with Gasteiger partial charge in [-0.3, -0.25) is 4.98 Å². The SMILES string of the molecule is C[C@@](O)(c1ccnc(-c2cccc3cc(C(NS(=O)(=O)C4CC4)c4nc(N)sc4Cl)sc23)c1)C(F)(F)F. The van der Waals surface area contributed by atoms with Gasteiger partial charge in [0.2, 0.25) is 10.0 Å².